The third-order valence-electron chi connectivity index (χ3n) is 3.18. The number of ether oxygens (including phenoxy) is 1. The fourth-order valence-corrected chi connectivity index (χ4v) is 2.72. The second kappa shape index (κ2) is 7.52. The fraction of sp³-hybridized carbons (Fsp3) is 0.312. The van der Waals surface area contributed by atoms with Crippen LogP contribution < -0.4 is 10.1 Å². The van der Waals surface area contributed by atoms with Gasteiger partial charge in [0, 0.05) is 10.7 Å². The largest absolute Gasteiger partial charge is 0.495 e. The minimum atomic E-state index is -0.261. The molecule has 1 aromatic heterocycles. The van der Waals surface area contributed by atoms with Gasteiger partial charge in [0.15, 0.2) is 0 Å². The summed E-state index contributed by atoms with van der Waals surface area (Å²) in [6.45, 7) is 2.96. The number of nitrogens with one attached hydrogen (secondary N) is 1. The van der Waals surface area contributed by atoms with E-state index in [1.165, 1.54) is 12.1 Å². The SMILES string of the molecule is CCCNC(c1cncc(OC)c1)c1ccc(F)cc1Br. The smallest absolute Gasteiger partial charge is 0.137 e. The van der Waals surface area contributed by atoms with Gasteiger partial charge in [-0.15, -0.1) is 0 Å². The van der Waals surface area contributed by atoms with Crippen LogP contribution in [0.5, 0.6) is 5.75 Å². The van der Waals surface area contributed by atoms with Crippen molar-refractivity contribution in [2.24, 2.45) is 0 Å². The van der Waals surface area contributed by atoms with Gasteiger partial charge in [-0.05, 0) is 42.3 Å². The lowest BCUT2D eigenvalue weighted by atomic mass is 10.00. The Kier molecular flexibility index (Phi) is 5.70. The van der Waals surface area contributed by atoms with Crippen LogP contribution in [-0.2, 0) is 0 Å². The molecule has 1 N–H and O–H groups in total. The molecule has 0 aliphatic heterocycles. The van der Waals surface area contributed by atoms with E-state index in [0.717, 1.165) is 28.6 Å². The normalized spacial score (nSPS) is 12.2. The van der Waals surface area contributed by atoms with Crippen LogP contribution in [0, 0.1) is 5.82 Å². The van der Waals surface area contributed by atoms with Crippen LogP contribution in [0.3, 0.4) is 0 Å². The van der Waals surface area contributed by atoms with E-state index in [9.17, 15) is 4.39 Å². The van der Waals surface area contributed by atoms with Crippen molar-refractivity contribution in [3.05, 3.63) is 58.1 Å². The molecule has 0 spiro atoms. The molecule has 0 fully saturated rings. The van der Waals surface area contributed by atoms with Crippen LogP contribution >= 0.6 is 15.9 Å². The predicted octanol–water partition coefficient (Wildman–Crippen LogP) is 4.08. The molecular weight excluding hydrogens is 335 g/mol. The van der Waals surface area contributed by atoms with Gasteiger partial charge in [0.2, 0.25) is 0 Å². The highest BCUT2D eigenvalue weighted by Crippen LogP contribution is 2.30. The lowest BCUT2D eigenvalue weighted by Crippen LogP contribution is -2.23. The van der Waals surface area contributed by atoms with E-state index in [-0.39, 0.29) is 11.9 Å². The number of nitrogens with zero attached hydrogens (tertiary/aromatic N) is 1. The first-order valence-corrected chi connectivity index (χ1v) is 7.62. The van der Waals surface area contributed by atoms with Crippen molar-refractivity contribution >= 4 is 15.9 Å². The second-order valence-corrected chi connectivity index (χ2v) is 5.57. The first-order valence-electron chi connectivity index (χ1n) is 6.83. The van der Waals surface area contributed by atoms with Crippen LogP contribution in [0.2, 0.25) is 0 Å². The standard InChI is InChI=1S/C16H18BrFN2O/c1-3-6-20-16(11-7-13(21-2)10-19-9-11)14-5-4-12(18)8-15(14)17/h4-5,7-10,16,20H,3,6H2,1-2H3. The third-order valence-corrected chi connectivity index (χ3v) is 3.86. The molecule has 0 aliphatic rings. The van der Waals surface area contributed by atoms with Gasteiger partial charge in [0.1, 0.15) is 11.6 Å². The average Bonchev–Trinajstić information content (AvgIpc) is 2.49. The van der Waals surface area contributed by atoms with E-state index < -0.39 is 0 Å². The Morgan fingerprint density at radius 2 is 2.14 bits per heavy atom. The Morgan fingerprint density at radius 1 is 1.33 bits per heavy atom. The summed E-state index contributed by atoms with van der Waals surface area (Å²) in [5, 5.41) is 3.47. The highest BCUT2D eigenvalue weighted by Gasteiger charge is 2.17. The summed E-state index contributed by atoms with van der Waals surface area (Å²) in [7, 11) is 1.61. The Morgan fingerprint density at radius 3 is 2.81 bits per heavy atom. The summed E-state index contributed by atoms with van der Waals surface area (Å²) in [5.74, 6) is 0.442. The summed E-state index contributed by atoms with van der Waals surface area (Å²) in [6, 6.07) is 6.60. The number of methoxy groups -OCH3 is 1. The van der Waals surface area contributed by atoms with Gasteiger partial charge < -0.3 is 10.1 Å². The summed E-state index contributed by atoms with van der Waals surface area (Å²) in [5.41, 5.74) is 1.95. The molecule has 0 amide bonds. The van der Waals surface area contributed by atoms with Crippen molar-refractivity contribution in [1.82, 2.24) is 10.3 Å². The zero-order valence-electron chi connectivity index (χ0n) is 12.1. The molecule has 1 aromatic carbocycles. The number of hydrogen-bond donors (Lipinski definition) is 1. The fourth-order valence-electron chi connectivity index (χ4n) is 2.14. The summed E-state index contributed by atoms with van der Waals surface area (Å²) in [6.07, 6.45) is 4.47. The van der Waals surface area contributed by atoms with Gasteiger partial charge in [-0.3, -0.25) is 4.98 Å². The van der Waals surface area contributed by atoms with E-state index in [4.69, 9.17) is 4.74 Å². The van der Waals surface area contributed by atoms with Crippen LogP contribution in [0.4, 0.5) is 4.39 Å². The number of rotatable bonds is 6. The van der Waals surface area contributed by atoms with Crippen molar-refractivity contribution < 1.29 is 9.13 Å². The van der Waals surface area contributed by atoms with Gasteiger partial charge in [0.05, 0.1) is 19.3 Å². The van der Waals surface area contributed by atoms with E-state index in [1.807, 2.05) is 6.07 Å². The lowest BCUT2D eigenvalue weighted by molar-refractivity contribution is 0.411. The van der Waals surface area contributed by atoms with Gasteiger partial charge >= 0.3 is 0 Å². The summed E-state index contributed by atoms with van der Waals surface area (Å²) >= 11 is 3.44. The van der Waals surface area contributed by atoms with Crippen LogP contribution in [0.25, 0.3) is 0 Å². The monoisotopic (exact) mass is 352 g/mol. The Bertz CT molecular complexity index is 607. The highest BCUT2D eigenvalue weighted by atomic mass is 79.9. The topological polar surface area (TPSA) is 34.2 Å². The van der Waals surface area contributed by atoms with Gasteiger partial charge in [-0.25, -0.2) is 4.39 Å². The quantitative estimate of drug-likeness (QED) is 0.850. The van der Waals surface area contributed by atoms with Gasteiger partial charge in [0.25, 0.3) is 0 Å². The molecule has 0 saturated heterocycles. The average molecular weight is 353 g/mol. The highest BCUT2D eigenvalue weighted by molar-refractivity contribution is 9.10. The van der Waals surface area contributed by atoms with Crippen molar-refractivity contribution in [2.75, 3.05) is 13.7 Å². The molecule has 5 heteroatoms. The maximum atomic E-state index is 13.3. The Labute approximate surface area is 132 Å². The number of hydrogen-bond acceptors (Lipinski definition) is 3. The van der Waals surface area contributed by atoms with Crippen molar-refractivity contribution in [3.63, 3.8) is 0 Å². The van der Waals surface area contributed by atoms with E-state index in [1.54, 1.807) is 25.6 Å². The van der Waals surface area contributed by atoms with Crippen molar-refractivity contribution in [1.29, 1.82) is 0 Å². The third kappa shape index (κ3) is 4.02. The van der Waals surface area contributed by atoms with Crippen LogP contribution in [0.1, 0.15) is 30.5 Å². The molecule has 112 valence electrons. The second-order valence-electron chi connectivity index (χ2n) is 4.71. The molecular formula is C16H18BrFN2O. The molecule has 0 saturated carbocycles. The minimum Gasteiger partial charge on any atom is -0.495 e. The first-order chi connectivity index (χ1) is 10.2. The Balaban J connectivity index is 2.41. The molecule has 1 atom stereocenters. The van der Waals surface area contributed by atoms with Crippen LogP contribution in [0.15, 0.2) is 41.1 Å². The minimum absolute atomic E-state index is 0.0671. The molecule has 2 rings (SSSR count). The number of aromatic nitrogens is 1. The van der Waals surface area contributed by atoms with E-state index in [2.05, 4.69) is 33.2 Å². The predicted molar refractivity (Wildman–Crippen MR) is 85.0 cm³/mol. The molecule has 2 aromatic rings. The number of pyridine rings is 1. The molecule has 0 radical (unpaired) electrons. The van der Waals surface area contributed by atoms with Crippen molar-refractivity contribution in [2.45, 2.75) is 19.4 Å². The number of benzene rings is 1. The van der Waals surface area contributed by atoms with E-state index >= 15 is 0 Å². The number of halogens is 2. The van der Waals surface area contributed by atoms with Gasteiger partial charge in [-0.1, -0.05) is 28.9 Å². The molecule has 3 nitrogen and oxygen atoms in total. The molecule has 1 heterocycles. The zero-order valence-corrected chi connectivity index (χ0v) is 13.7. The maximum Gasteiger partial charge on any atom is 0.137 e. The zero-order chi connectivity index (χ0) is 15.2. The summed E-state index contributed by atoms with van der Waals surface area (Å²) < 4.78 is 19.3. The van der Waals surface area contributed by atoms with Crippen molar-refractivity contribution in [3.8, 4) is 5.75 Å². The molecule has 1 unspecified atom stereocenters. The van der Waals surface area contributed by atoms with Crippen LogP contribution in [-0.4, -0.2) is 18.6 Å². The first kappa shape index (κ1) is 15.9. The molecule has 0 bridgehead atoms. The molecule has 21 heavy (non-hydrogen) atoms. The summed E-state index contributed by atoms with van der Waals surface area (Å²) in [4.78, 5) is 4.20. The lowest BCUT2D eigenvalue weighted by Gasteiger charge is -2.21. The maximum absolute atomic E-state index is 13.3. The Hall–Kier alpha value is -1.46. The molecule has 0 aliphatic carbocycles. The van der Waals surface area contributed by atoms with E-state index in [0.29, 0.717) is 5.75 Å². The van der Waals surface area contributed by atoms with Gasteiger partial charge in [-0.2, -0.15) is 0 Å².